The maximum Gasteiger partial charge on any atom is 0.106 e. The molecule has 11 heavy (non-hydrogen) atoms. The van der Waals surface area contributed by atoms with Crippen molar-refractivity contribution in [2.24, 2.45) is 0 Å². The fraction of sp³-hybridized carbons (Fsp3) is 1.00. The van der Waals surface area contributed by atoms with Crippen LogP contribution in [0.25, 0.3) is 0 Å². The third-order valence-corrected chi connectivity index (χ3v) is 2.29. The van der Waals surface area contributed by atoms with Gasteiger partial charge in [0.15, 0.2) is 0 Å². The van der Waals surface area contributed by atoms with Crippen LogP contribution >= 0.6 is 0 Å². The van der Waals surface area contributed by atoms with Crippen molar-refractivity contribution in [2.75, 3.05) is 0 Å². The zero-order valence-electron chi connectivity index (χ0n) is 6.61. The van der Waals surface area contributed by atoms with Crippen molar-refractivity contribution < 1.29 is 15.3 Å². The molecular weight excluding hydrogens is 144 g/mol. The Balaban J connectivity index is 2.42. The number of hydrogen-bond donors (Lipinski definition) is 3. The zero-order chi connectivity index (χ0) is 8.27. The maximum atomic E-state index is 9.25. The maximum absolute atomic E-state index is 9.25. The summed E-state index contributed by atoms with van der Waals surface area (Å²) in [6.45, 7) is 0. The fourth-order valence-corrected chi connectivity index (χ4v) is 1.48. The molecule has 2 atom stereocenters. The van der Waals surface area contributed by atoms with Gasteiger partial charge in [0, 0.05) is 0 Å². The van der Waals surface area contributed by atoms with E-state index in [0.717, 1.165) is 19.3 Å². The Morgan fingerprint density at radius 1 is 0.727 bits per heavy atom. The highest BCUT2D eigenvalue weighted by atomic mass is 16.4. The number of aliphatic hydroxyl groups excluding tert-OH is 3. The molecular formula is C8H16O3. The minimum Gasteiger partial charge on any atom is -0.390 e. The zero-order valence-corrected chi connectivity index (χ0v) is 6.61. The Morgan fingerprint density at radius 2 is 1.18 bits per heavy atom. The van der Waals surface area contributed by atoms with E-state index in [-0.39, 0.29) is 0 Å². The molecule has 2 unspecified atom stereocenters. The predicted molar refractivity (Wildman–Crippen MR) is 41.1 cm³/mol. The largest absolute Gasteiger partial charge is 0.390 e. The molecule has 0 saturated heterocycles. The summed E-state index contributed by atoms with van der Waals surface area (Å²) in [5.74, 6) is 0. The van der Waals surface area contributed by atoms with Crippen molar-refractivity contribution in [3.05, 3.63) is 0 Å². The molecule has 1 aliphatic carbocycles. The Hall–Kier alpha value is -0.120. The lowest BCUT2D eigenvalue weighted by molar-refractivity contribution is -0.0698. The van der Waals surface area contributed by atoms with Gasteiger partial charge in [0.1, 0.15) is 6.10 Å². The fourth-order valence-electron chi connectivity index (χ4n) is 1.48. The third-order valence-electron chi connectivity index (χ3n) is 2.29. The first-order valence-electron chi connectivity index (χ1n) is 4.26. The number of rotatable bonds is 0. The second kappa shape index (κ2) is 4.04. The SMILES string of the molecule is OC1CCCCCC(O)C1O. The van der Waals surface area contributed by atoms with E-state index in [4.69, 9.17) is 0 Å². The Labute approximate surface area is 66.7 Å². The molecule has 1 fully saturated rings. The summed E-state index contributed by atoms with van der Waals surface area (Å²) < 4.78 is 0. The molecule has 3 N–H and O–H groups in total. The van der Waals surface area contributed by atoms with E-state index in [9.17, 15) is 15.3 Å². The molecule has 0 aliphatic heterocycles. The molecule has 0 spiro atoms. The van der Waals surface area contributed by atoms with E-state index in [1.165, 1.54) is 0 Å². The van der Waals surface area contributed by atoms with Crippen LogP contribution in [0.4, 0.5) is 0 Å². The van der Waals surface area contributed by atoms with E-state index in [1.54, 1.807) is 0 Å². The smallest absolute Gasteiger partial charge is 0.106 e. The molecule has 0 bridgehead atoms. The van der Waals surface area contributed by atoms with E-state index in [0.29, 0.717) is 12.8 Å². The van der Waals surface area contributed by atoms with Crippen molar-refractivity contribution >= 4 is 0 Å². The van der Waals surface area contributed by atoms with Crippen molar-refractivity contribution in [2.45, 2.75) is 50.4 Å². The Kier molecular flexibility index (Phi) is 3.30. The summed E-state index contributed by atoms with van der Waals surface area (Å²) in [7, 11) is 0. The summed E-state index contributed by atoms with van der Waals surface area (Å²) in [5, 5.41) is 27.7. The van der Waals surface area contributed by atoms with Crippen molar-refractivity contribution in [3.63, 3.8) is 0 Å². The van der Waals surface area contributed by atoms with Crippen LogP contribution in [0.15, 0.2) is 0 Å². The molecule has 0 amide bonds. The van der Waals surface area contributed by atoms with Crippen molar-refractivity contribution in [1.82, 2.24) is 0 Å². The van der Waals surface area contributed by atoms with Gasteiger partial charge in [0.05, 0.1) is 12.2 Å². The van der Waals surface area contributed by atoms with Gasteiger partial charge in [0.25, 0.3) is 0 Å². The highest BCUT2D eigenvalue weighted by molar-refractivity contribution is 4.77. The topological polar surface area (TPSA) is 60.7 Å². The van der Waals surface area contributed by atoms with Crippen LogP contribution in [0.1, 0.15) is 32.1 Å². The van der Waals surface area contributed by atoms with Gasteiger partial charge in [0.2, 0.25) is 0 Å². The molecule has 0 aromatic heterocycles. The molecule has 0 aromatic rings. The molecule has 1 rings (SSSR count). The lowest BCUT2D eigenvalue weighted by Gasteiger charge is -2.25. The lowest BCUT2D eigenvalue weighted by Crippen LogP contribution is -2.38. The van der Waals surface area contributed by atoms with Crippen molar-refractivity contribution in [1.29, 1.82) is 0 Å². The van der Waals surface area contributed by atoms with Crippen LogP contribution in [-0.4, -0.2) is 33.6 Å². The Bertz CT molecular complexity index is 104. The van der Waals surface area contributed by atoms with E-state index >= 15 is 0 Å². The first-order chi connectivity index (χ1) is 5.22. The highest BCUT2D eigenvalue weighted by Crippen LogP contribution is 2.17. The normalized spacial score (nSPS) is 41.2. The van der Waals surface area contributed by atoms with Gasteiger partial charge in [-0.1, -0.05) is 19.3 Å². The average Bonchev–Trinajstić information content (AvgIpc) is 2.00. The van der Waals surface area contributed by atoms with Gasteiger partial charge in [-0.2, -0.15) is 0 Å². The molecule has 1 saturated carbocycles. The number of aliphatic hydroxyl groups is 3. The van der Waals surface area contributed by atoms with Gasteiger partial charge in [-0.15, -0.1) is 0 Å². The first kappa shape index (κ1) is 8.97. The minimum absolute atomic E-state index is 0.609. The lowest BCUT2D eigenvalue weighted by atomic mass is 9.94. The van der Waals surface area contributed by atoms with Crippen LogP contribution < -0.4 is 0 Å². The molecule has 1 aliphatic rings. The molecule has 66 valence electrons. The minimum atomic E-state index is -0.935. The van der Waals surface area contributed by atoms with Crippen LogP contribution in [0, 0.1) is 0 Å². The quantitative estimate of drug-likeness (QED) is 0.468. The van der Waals surface area contributed by atoms with Gasteiger partial charge in [-0.3, -0.25) is 0 Å². The van der Waals surface area contributed by atoms with Gasteiger partial charge >= 0.3 is 0 Å². The molecule has 0 radical (unpaired) electrons. The third kappa shape index (κ3) is 2.43. The number of hydrogen-bond acceptors (Lipinski definition) is 3. The van der Waals surface area contributed by atoms with Crippen LogP contribution in [-0.2, 0) is 0 Å². The summed E-state index contributed by atoms with van der Waals surface area (Å²) in [5.41, 5.74) is 0. The summed E-state index contributed by atoms with van der Waals surface area (Å²) in [6.07, 6.45) is 1.76. The average molecular weight is 160 g/mol. The Morgan fingerprint density at radius 3 is 1.64 bits per heavy atom. The first-order valence-corrected chi connectivity index (χ1v) is 4.26. The standard InChI is InChI=1S/C8H16O3/c9-6-4-2-1-3-5-7(10)8(6)11/h6-11H,1-5H2. The molecule has 3 nitrogen and oxygen atoms in total. The van der Waals surface area contributed by atoms with Gasteiger partial charge in [-0.25, -0.2) is 0 Å². The van der Waals surface area contributed by atoms with Gasteiger partial charge in [-0.05, 0) is 12.8 Å². The second-order valence-electron chi connectivity index (χ2n) is 3.26. The molecule has 0 aromatic carbocycles. The highest BCUT2D eigenvalue weighted by Gasteiger charge is 2.25. The van der Waals surface area contributed by atoms with E-state index in [2.05, 4.69) is 0 Å². The monoisotopic (exact) mass is 160 g/mol. The van der Waals surface area contributed by atoms with Gasteiger partial charge < -0.3 is 15.3 Å². The summed E-state index contributed by atoms with van der Waals surface area (Å²) in [4.78, 5) is 0. The second-order valence-corrected chi connectivity index (χ2v) is 3.26. The summed E-state index contributed by atoms with van der Waals surface area (Å²) >= 11 is 0. The van der Waals surface area contributed by atoms with Crippen molar-refractivity contribution in [3.8, 4) is 0 Å². The predicted octanol–water partition coefficient (Wildman–Crippen LogP) is 0.0332. The van der Waals surface area contributed by atoms with E-state index < -0.39 is 18.3 Å². The summed E-state index contributed by atoms with van der Waals surface area (Å²) in [6, 6.07) is 0. The van der Waals surface area contributed by atoms with Crippen LogP contribution in [0.2, 0.25) is 0 Å². The molecule has 0 heterocycles. The molecule has 3 heteroatoms. The van der Waals surface area contributed by atoms with E-state index in [1.807, 2.05) is 0 Å². The van der Waals surface area contributed by atoms with Crippen LogP contribution in [0.3, 0.4) is 0 Å². The van der Waals surface area contributed by atoms with Crippen LogP contribution in [0.5, 0.6) is 0 Å².